The van der Waals surface area contributed by atoms with Gasteiger partial charge < -0.3 is 9.59 Å². The molecule has 0 bridgehead atoms. The molecule has 0 aromatic carbocycles. The van der Waals surface area contributed by atoms with Gasteiger partial charge >= 0.3 is 0 Å². The van der Waals surface area contributed by atoms with E-state index in [4.69, 9.17) is 0 Å². The predicted octanol–water partition coefficient (Wildman–Crippen LogP) is 4.33. The molecule has 0 unspecified atom stereocenters. The molecule has 116 valence electrons. The molecule has 0 aromatic heterocycles. The molecule has 0 amide bonds. The van der Waals surface area contributed by atoms with Crippen LogP contribution >= 0.6 is 0 Å². The molecule has 3 aliphatic carbocycles. The normalized spacial score (nSPS) is 49.6. The second-order valence-electron chi connectivity index (χ2n) is 8.40. The Kier molecular flexibility index (Phi) is 3.42. The van der Waals surface area contributed by atoms with Crippen LogP contribution in [0, 0.1) is 28.1 Å². The van der Waals surface area contributed by atoms with Crippen molar-refractivity contribution in [2.45, 2.75) is 65.7 Å². The molecule has 21 heavy (non-hydrogen) atoms. The Morgan fingerprint density at radius 3 is 2.38 bits per heavy atom. The fraction of sp³-hybridized carbons (Fsp3) is 0.789. The van der Waals surface area contributed by atoms with Crippen LogP contribution in [-0.2, 0) is 9.59 Å². The number of carbonyl (C=O) groups is 2. The summed E-state index contributed by atoms with van der Waals surface area (Å²) in [7, 11) is 0. The molecule has 0 heterocycles. The Bertz CT molecular complexity index is 494. The van der Waals surface area contributed by atoms with Crippen LogP contribution < -0.4 is 0 Å². The van der Waals surface area contributed by atoms with E-state index in [1.54, 1.807) is 0 Å². The minimum atomic E-state index is -0.187. The summed E-state index contributed by atoms with van der Waals surface area (Å²) in [6.45, 7) is 6.67. The van der Waals surface area contributed by atoms with Crippen molar-refractivity contribution in [3.8, 4) is 0 Å². The summed E-state index contributed by atoms with van der Waals surface area (Å²) in [5.41, 5.74) is 1.27. The quantitative estimate of drug-likeness (QED) is 0.560. The first-order valence-corrected chi connectivity index (χ1v) is 8.53. The van der Waals surface area contributed by atoms with Crippen molar-refractivity contribution < 1.29 is 9.59 Å². The summed E-state index contributed by atoms with van der Waals surface area (Å²) in [5.74, 6) is 0.853. The fourth-order valence-electron chi connectivity index (χ4n) is 5.85. The standard InChI is InChI=1S/C19H28O2/c1-17(12-20)9-4-6-15-14(17)7-8-16-18(2,13-21)10-5-11-19(15,16)3/h6,12-14,16H,4-5,7-11H2,1-3H3/t14-,16-,17-,18+,19+/m1/s1. The van der Waals surface area contributed by atoms with Crippen molar-refractivity contribution in [3.63, 3.8) is 0 Å². The molecule has 5 atom stereocenters. The van der Waals surface area contributed by atoms with Crippen molar-refractivity contribution in [2.75, 3.05) is 0 Å². The van der Waals surface area contributed by atoms with Crippen molar-refractivity contribution in [1.82, 2.24) is 0 Å². The summed E-state index contributed by atoms with van der Waals surface area (Å²) in [5, 5.41) is 0. The molecule has 0 N–H and O–H groups in total. The van der Waals surface area contributed by atoms with Gasteiger partial charge in [0.15, 0.2) is 0 Å². The SMILES string of the molecule is C[C@]1(C=O)CCC=C2[C@H]1CC[C@H]1[C@@]2(C)CCC[C@@]1(C)C=O. The largest absolute Gasteiger partial charge is 0.303 e. The van der Waals surface area contributed by atoms with E-state index >= 15 is 0 Å². The first-order valence-electron chi connectivity index (χ1n) is 8.53. The van der Waals surface area contributed by atoms with E-state index < -0.39 is 0 Å². The van der Waals surface area contributed by atoms with Crippen LogP contribution in [0.1, 0.15) is 65.7 Å². The van der Waals surface area contributed by atoms with Crippen LogP contribution in [0.15, 0.2) is 11.6 Å². The number of fused-ring (bicyclic) bond motifs is 3. The lowest BCUT2D eigenvalue weighted by Crippen LogP contribution is -2.52. The molecule has 2 saturated carbocycles. The van der Waals surface area contributed by atoms with Crippen LogP contribution in [-0.4, -0.2) is 12.6 Å². The Balaban J connectivity index is 2.04. The van der Waals surface area contributed by atoms with E-state index in [9.17, 15) is 9.59 Å². The van der Waals surface area contributed by atoms with Crippen LogP contribution in [0.5, 0.6) is 0 Å². The molecular formula is C19H28O2. The van der Waals surface area contributed by atoms with E-state index in [-0.39, 0.29) is 16.2 Å². The molecule has 0 aromatic rings. The first kappa shape index (κ1) is 15.0. The Labute approximate surface area is 128 Å². The highest BCUT2D eigenvalue weighted by Crippen LogP contribution is 2.64. The molecule has 0 radical (unpaired) electrons. The molecule has 2 heteroatoms. The van der Waals surface area contributed by atoms with Crippen molar-refractivity contribution in [2.24, 2.45) is 28.1 Å². The van der Waals surface area contributed by atoms with Gasteiger partial charge in [0.25, 0.3) is 0 Å². The molecule has 0 saturated heterocycles. The zero-order valence-electron chi connectivity index (χ0n) is 13.7. The van der Waals surface area contributed by atoms with Gasteiger partial charge in [-0.15, -0.1) is 0 Å². The van der Waals surface area contributed by atoms with Crippen LogP contribution in [0.25, 0.3) is 0 Å². The lowest BCUT2D eigenvalue weighted by molar-refractivity contribution is -0.129. The number of allylic oxidation sites excluding steroid dienone is 2. The lowest BCUT2D eigenvalue weighted by atomic mass is 9.45. The predicted molar refractivity (Wildman–Crippen MR) is 83.8 cm³/mol. The monoisotopic (exact) mass is 288 g/mol. The van der Waals surface area contributed by atoms with E-state index in [1.165, 1.54) is 24.6 Å². The maximum Gasteiger partial charge on any atom is 0.126 e. The summed E-state index contributed by atoms with van der Waals surface area (Å²) >= 11 is 0. The number of rotatable bonds is 2. The Hall–Kier alpha value is -0.920. The van der Waals surface area contributed by atoms with Gasteiger partial charge in [-0.25, -0.2) is 0 Å². The molecule has 0 aliphatic heterocycles. The van der Waals surface area contributed by atoms with Gasteiger partial charge in [0.1, 0.15) is 12.6 Å². The van der Waals surface area contributed by atoms with E-state index in [0.29, 0.717) is 11.8 Å². The Morgan fingerprint density at radius 2 is 1.71 bits per heavy atom. The third-order valence-corrected chi connectivity index (χ3v) is 7.14. The highest BCUT2D eigenvalue weighted by molar-refractivity contribution is 5.63. The number of hydrogen-bond acceptors (Lipinski definition) is 2. The molecule has 2 nitrogen and oxygen atoms in total. The van der Waals surface area contributed by atoms with Crippen molar-refractivity contribution in [3.05, 3.63) is 11.6 Å². The summed E-state index contributed by atoms with van der Waals surface area (Å²) in [6, 6.07) is 0. The van der Waals surface area contributed by atoms with Crippen LogP contribution in [0.4, 0.5) is 0 Å². The zero-order chi connectivity index (χ0) is 15.3. The summed E-state index contributed by atoms with van der Waals surface area (Å²) in [6.07, 6.45) is 12.3. The van der Waals surface area contributed by atoms with Crippen LogP contribution in [0.2, 0.25) is 0 Å². The maximum atomic E-state index is 11.7. The number of aldehydes is 2. The third-order valence-electron chi connectivity index (χ3n) is 7.14. The summed E-state index contributed by atoms with van der Waals surface area (Å²) in [4.78, 5) is 23.4. The fourth-order valence-corrected chi connectivity index (χ4v) is 5.85. The van der Waals surface area contributed by atoms with E-state index in [1.807, 2.05) is 0 Å². The van der Waals surface area contributed by atoms with Gasteiger partial charge in [-0.3, -0.25) is 0 Å². The molecule has 2 fully saturated rings. The van der Waals surface area contributed by atoms with Gasteiger partial charge in [-0.2, -0.15) is 0 Å². The minimum Gasteiger partial charge on any atom is -0.303 e. The van der Waals surface area contributed by atoms with Gasteiger partial charge in [0.2, 0.25) is 0 Å². The number of hydrogen-bond donors (Lipinski definition) is 0. The minimum absolute atomic E-state index is 0.127. The average Bonchev–Trinajstić information content (AvgIpc) is 2.48. The van der Waals surface area contributed by atoms with E-state index in [2.05, 4.69) is 26.8 Å². The van der Waals surface area contributed by atoms with Crippen LogP contribution in [0.3, 0.4) is 0 Å². The van der Waals surface area contributed by atoms with Gasteiger partial charge in [-0.1, -0.05) is 38.8 Å². The molecule has 3 rings (SSSR count). The lowest BCUT2D eigenvalue weighted by Gasteiger charge is -2.59. The second kappa shape index (κ2) is 4.79. The van der Waals surface area contributed by atoms with Gasteiger partial charge in [0.05, 0.1) is 0 Å². The smallest absolute Gasteiger partial charge is 0.126 e. The highest BCUT2D eigenvalue weighted by Gasteiger charge is 2.56. The second-order valence-corrected chi connectivity index (χ2v) is 8.40. The summed E-state index contributed by atoms with van der Waals surface area (Å²) < 4.78 is 0. The van der Waals surface area contributed by atoms with Crippen molar-refractivity contribution in [1.29, 1.82) is 0 Å². The topological polar surface area (TPSA) is 34.1 Å². The van der Waals surface area contributed by atoms with Crippen molar-refractivity contribution >= 4 is 12.6 Å². The average molecular weight is 288 g/mol. The zero-order valence-corrected chi connectivity index (χ0v) is 13.7. The number of carbonyl (C=O) groups excluding carboxylic acids is 2. The molecule has 3 aliphatic rings. The molecular weight excluding hydrogens is 260 g/mol. The maximum absolute atomic E-state index is 11.7. The molecule has 0 spiro atoms. The third kappa shape index (κ3) is 1.98. The van der Waals surface area contributed by atoms with Gasteiger partial charge in [0, 0.05) is 10.8 Å². The first-order chi connectivity index (χ1) is 9.89. The highest BCUT2D eigenvalue weighted by atomic mass is 16.1. The Morgan fingerprint density at radius 1 is 1.00 bits per heavy atom. The van der Waals surface area contributed by atoms with Gasteiger partial charge in [-0.05, 0) is 55.8 Å². The van der Waals surface area contributed by atoms with E-state index in [0.717, 1.165) is 38.5 Å².